The third-order valence-electron chi connectivity index (χ3n) is 5.54. The normalized spacial score (nSPS) is 19.9. The summed E-state index contributed by atoms with van der Waals surface area (Å²) in [4.78, 5) is 13.6. The summed E-state index contributed by atoms with van der Waals surface area (Å²) in [5, 5.41) is 15.9. The number of tetrazole rings is 1. The van der Waals surface area contributed by atoms with Crippen molar-refractivity contribution in [3.63, 3.8) is 0 Å². The molecule has 27 heavy (non-hydrogen) atoms. The third-order valence-corrected chi connectivity index (χ3v) is 5.54. The molecule has 8 heteroatoms. The summed E-state index contributed by atoms with van der Waals surface area (Å²) in [5.74, 6) is 0.856. The van der Waals surface area contributed by atoms with Gasteiger partial charge in [-0.3, -0.25) is 0 Å². The number of nitrogens with one attached hydrogen (secondary N) is 1. The van der Waals surface area contributed by atoms with Gasteiger partial charge in [-0.05, 0) is 54.2 Å². The Hall–Kier alpha value is -2.48. The fourth-order valence-electron chi connectivity index (χ4n) is 4.10. The zero-order valence-corrected chi connectivity index (χ0v) is 15.7. The number of piperidine rings is 1. The Morgan fingerprint density at radius 3 is 2.89 bits per heavy atom. The minimum atomic E-state index is -0.227. The number of hydrogen-bond acceptors (Lipinski definition) is 6. The number of rotatable bonds is 5. The number of benzene rings is 1. The maximum absolute atomic E-state index is 11.9. The van der Waals surface area contributed by atoms with Gasteiger partial charge in [0.1, 0.15) is 0 Å². The second kappa shape index (κ2) is 8.04. The number of carbonyl (C=O) groups is 1. The average Bonchev–Trinajstić information content (AvgIpc) is 3.33. The van der Waals surface area contributed by atoms with E-state index in [1.807, 2.05) is 11.6 Å². The van der Waals surface area contributed by atoms with Gasteiger partial charge in [-0.1, -0.05) is 24.3 Å². The lowest BCUT2D eigenvalue weighted by Gasteiger charge is -2.31. The van der Waals surface area contributed by atoms with Crippen LogP contribution in [0.3, 0.4) is 0 Å². The first-order valence-electron chi connectivity index (χ1n) is 9.76. The first-order valence-corrected chi connectivity index (χ1v) is 9.76. The molecular weight excluding hydrogens is 344 g/mol. The largest absolute Gasteiger partial charge is 0.450 e. The summed E-state index contributed by atoms with van der Waals surface area (Å²) < 4.78 is 7.01. The molecule has 1 aliphatic heterocycles. The van der Waals surface area contributed by atoms with Crippen LogP contribution in [0.15, 0.2) is 24.3 Å². The molecule has 0 unspecified atom stereocenters. The molecule has 1 saturated heterocycles. The Kier molecular flexibility index (Phi) is 5.33. The highest BCUT2D eigenvalue weighted by Crippen LogP contribution is 2.31. The van der Waals surface area contributed by atoms with Crippen molar-refractivity contribution in [3.8, 4) is 0 Å². The lowest BCUT2D eigenvalue weighted by atomic mass is 10.1. The number of ether oxygens (including phenoxy) is 1. The summed E-state index contributed by atoms with van der Waals surface area (Å²) in [7, 11) is 0. The van der Waals surface area contributed by atoms with Crippen molar-refractivity contribution in [2.45, 2.75) is 51.2 Å². The average molecular weight is 370 g/mol. The number of amides is 1. The zero-order valence-electron chi connectivity index (χ0n) is 15.7. The van der Waals surface area contributed by atoms with E-state index in [1.54, 1.807) is 4.90 Å². The highest BCUT2D eigenvalue weighted by molar-refractivity contribution is 5.67. The lowest BCUT2D eigenvalue weighted by Crippen LogP contribution is -2.40. The molecule has 0 radical (unpaired) electrons. The van der Waals surface area contributed by atoms with Gasteiger partial charge in [-0.25, -0.2) is 9.48 Å². The van der Waals surface area contributed by atoms with Crippen molar-refractivity contribution in [2.24, 2.45) is 0 Å². The SMILES string of the molecule is CCOC(=O)N1CCC(n2nnnc2CN[C@@H]2CCc3ccccc32)CC1. The lowest BCUT2D eigenvalue weighted by molar-refractivity contribution is 0.0910. The van der Waals surface area contributed by atoms with Crippen LogP contribution < -0.4 is 5.32 Å². The Morgan fingerprint density at radius 1 is 1.26 bits per heavy atom. The van der Waals surface area contributed by atoms with Crippen molar-refractivity contribution in [3.05, 3.63) is 41.2 Å². The fourth-order valence-corrected chi connectivity index (χ4v) is 4.10. The highest BCUT2D eigenvalue weighted by atomic mass is 16.6. The highest BCUT2D eigenvalue weighted by Gasteiger charge is 2.27. The molecule has 8 nitrogen and oxygen atoms in total. The number of nitrogens with zero attached hydrogens (tertiary/aromatic N) is 5. The van der Waals surface area contributed by atoms with Gasteiger partial charge in [0.25, 0.3) is 0 Å². The van der Waals surface area contributed by atoms with Gasteiger partial charge in [0.05, 0.1) is 19.2 Å². The Labute approximate surface area is 158 Å². The molecule has 2 aliphatic rings. The minimum Gasteiger partial charge on any atom is -0.450 e. The van der Waals surface area contributed by atoms with Crippen molar-refractivity contribution >= 4 is 6.09 Å². The summed E-state index contributed by atoms with van der Waals surface area (Å²) in [6, 6.07) is 9.19. The van der Waals surface area contributed by atoms with E-state index in [0.717, 1.165) is 31.5 Å². The number of aryl methyl sites for hydroxylation is 1. The van der Waals surface area contributed by atoms with Crippen LogP contribution in [-0.2, 0) is 17.7 Å². The van der Waals surface area contributed by atoms with Gasteiger partial charge < -0.3 is 15.0 Å². The van der Waals surface area contributed by atoms with Gasteiger partial charge in [-0.2, -0.15) is 0 Å². The number of fused-ring (bicyclic) bond motifs is 1. The van der Waals surface area contributed by atoms with Gasteiger partial charge in [0.2, 0.25) is 0 Å². The van der Waals surface area contributed by atoms with Crippen LogP contribution in [0.2, 0.25) is 0 Å². The van der Waals surface area contributed by atoms with Gasteiger partial charge in [-0.15, -0.1) is 5.10 Å². The van der Waals surface area contributed by atoms with Crippen LogP contribution in [0.4, 0.5) is 4.79 Å². The van der Waals surface area contributed by atoms with E-state index in [1.165, 1.54) is 11.1 Å². The molecule has 2 aromatic rings. The number of aromatic nitrogens is 4. The first-order chi connectivity index (χ1) is 13.3. The minimum absolute atomic E-state index is 0.221. The topological polar surface area (TPSA) is 85.2 Å². The second-order valence-electron chi connectivity index (χ2n) is 7.13. The summed E-state index contributed by atoms with van der Waals surface area (Å²) in [6.07, 6.45) is 3.67. The Morgan fingerprint density at radius 2 is 2.07 bits per heavy atom. The van der Waals surface area contributed by atoms with Gasteiger partial charge in [0.15, 0.2) is 5.82 Å². The maximum Gasteiger partial charge on any atom is 0.409 e. The molecule has 2 heterocycles. The summed E-state index contributed by atoms with van der Waals surface area (Å²) >= 11 is 0. The molecule has 1 N–H and O–H groups in total. The smallest absolute Gasteiger partial charge is 0.409 e. The fraction of sp³-hybridized carbons (Fsp3) is 0.579. The monoisotopic (exact) mass is 370 g/mol. The number of likely N-dealkylation sites (tertiary alicyclic amines) is 1. The van der Waals surface area contributed by atoms with E-state index in [2.05, 4.69) is 45.1 Å². The molecule has 1 atom stereocenters. The molecule has 1 aromatic heterocycles. The van der Waals surface area contributed by atoms with E-state index < -0.39 is 0 Å². The van der Waals surface area contributed by atoms with Crippen molar-refractivity contribution < 1.29 is 9.53 Å². The standard InChI is InChI=1S/C19H26N6O2/c1-2-27-19(26)24-11-9-15(10-12-24)25-18(21-22-23-25)13-20-17-8-7-14-5-3-4-6-16(14)17/h3-6,15,17,20H,2,7-13H2,1H3/t17-/m1/s1. The van der Waals surface area contributed by atoms with Crippen LogP contribution >= 0.6 is 0 Å². The van der Waals surface area contributed by atoms with Gasteiger partial charge >= 0.3 is 6.09 Å². The number of hydrogen-bond donors (Lipinski definition) is 1. The van der Waals surface area contributed by atoms with Crippen LogP contribution in [0.5, 0.6) is 0 Å². The zero-order chi connectivity index (χ0) is 18.6. The molecule has 4 rings (SSSR count). The van der Waals surface area contributed by atoms with Crippen molar-refractivity contribution in [1.29, 1.82) is 0 Å². The van der Waals surface area contributed by atoms with Crippen LogP contribution in [-0.4, -0.2) is 50.9 Å². The molecule has 0 bridgehead atoms. The molecule has 1 aromatic carbocycles. The van der Waals surface area contributed by atoms with E-state index in [4.69, 9.17) is 4.74 Å². The molecule has 0 spiro atoms. The molecule has 144 valence electrons. The molecule has 1 aliphatic carbocycles. The van der Waals surface area contributed by atoms with Crippen LogP contribution in [0, 0.1) is 0 Å². The first kappa shape index (κ1) is 17.9. The molecule has 1 amide bonds. The van der Waals surface area contributed by atoms with Gasteiger partial charge in [0, 0.05) is 19.1 Å². The summed E-state index contributed by atoms with van der Waals surface area (Å²) in [5.41, 5.74) is 2.82. The predicted molar refractivity (Wildman–Crippen MR) is 99.0 cm³/mol. The molecule has 0 saturated carbocycles. The maximum atomic E-state index is 11.9. The Bertz CT molecular complexity index is 784. The molecule has 1 fully saturated rings. The van der Waals surface area contributed by atoms with E-state index in [0.29, 0.717) is 32.3 Å². The quantitative estimate of drug-likeness (QED) is 0.869. The van der Waals surface area contributed by atoms with Crippen molar-refractivity contribution in [1.82, 2.24) is 30.4 Å². The number of carbonyl (C=O) groups excluding carboxylic acids is 1. The molecular formula is C19H26N6O2. The second-order valence-corrected chi connectivity index (χ2v) is 7.13. The predicted octanol–water partition coefficient (Wildman–Crippen LogP) is 2.24. The third kappa shape index (κ3) is 3.80. The van der Waals surface area contributed by atoms with E-state index in [-0.39, 0.29) is 12.1 Å². The van der Waals surface area contributed by atoms with Crippen LogP contribution in [0.1, 0.15) is 55.2 Å². The van der Waals surface area contributed by atoms with E-state index in [9.17, 15) is 4.79 Å². The van der Waals surface area contributed by atoms with Crippen molar-refractivity contribution in [2.75, 3.05) is 19.7 Å². The summed E-state index contributed by atoms with van der Waals surface area (Å²) in [6.45, 7) is 4.22. The van der Waals surface area contributed by atoms with E-state index >= 15 is 0 Å². The Balaban J connectivity index is 1.35. The van der Waals surface area contributed by atoms with Crippen LogP contribution in [0.25, 0.3) is 0 Å².